The van der Waals surface area contributed by atoms with Gasteiger partial charge >= 0.3 is 0 Å². The fourth-order valence-electron chi connectivity index (χ4n) is 3.36. The summed E-state index contributed by atoms with van der Waals surface area (Å²) in [7, 11) is -2.68. The summed E-state index contributed by atoms with van der Waals surface area (Å²) < 4.78 is 33.4. The molecule has 35 heavy (non-hydrogen) atoms. The van der Waals surface area contributed by atoms with Crippen molar-refractivity contribution in [1.82, 2.24) is 5.32 Å². The molecule has 0 saturated heterocycles. The molecule has 3 rings (SSSR count). The molecule has 2 N–H and O–H groups in total. The molecule has 0 bridgehead atoms. The number of amides is 2. The second-order valence-electron chi connectivity index (χ2n) is 8.19. The normalized spacial score (nSPS) is 11.1. The summed E-state index contributed by atoms with van der Waals surface area (Å²) >= 11 is 0. The molecular formula is C26H29N3O5S. The quantitative estimate of drug-likeness (QED) is 0.444. The molecule has 0 heterocycles. The molecule has 0 aromatic heterocycles. The van der Waals surface area contributed by atoms with Crippen LogP contribution in [0.25, 0.3) is 0 Å². The van der Waals surface area contributed by atoms with E-state index in [0.717, 1.165) is 4.31 Å². The molecule has 0 aliphatic heterocycles. The van der Waals surface area contributed by atoms with Crippen molar-refractivity contribution in [1.29, 1.82) is 0 Å². The molecule has 0 aliphatic rings. The minimum Gasteiger partial charge on any atom is -0.495 e. The van der Waals surface area contributed by atoms with Crippen molar-refractivity contribution >= 4 is 33.2 Å². The number of para-hydroxylation sites is 3. The Morgan fingerprint density at radius 3 is 2.23 bits per heavy atom. The van der Waals surface area contributed by atoms with Gasteiger partial charge < -0.3 is 15.4 Å². The maximum Gasteiger partial charge on any atom is 0.264 e. The highest BCUT2D eigenvalue weighted by molar-refractivity contribution is 7.92. The number of rotatable bonds is 10. The summed E-state index contributed by atoms with van der Waals surface area (Å²) in [4.78, 5) is 25.8. The van der Waals surface area contributed by atoms with E-state index in [1.54, 1.807) is 66.7 Å². The van der Waals surface area contributed by atoms with Gasteiger partial charge in [0.05, 0.1) is 28.9 Å². The molecule has 9 heteroatoms. The zero-order valence-electron chi connectivity index (χ0n) is 19.9. The first-order valence-corrected chi connectivity index (χ1v) is 12.6. The predicted octanol–water partition coefficient (Wildman–Crippen LogP) is 3.92. The van der Waals surface area contributed by atoms with Crippen molar-refractivity contribution in [3.8, 4) is 5.75 Å². The van der Waals surface area contributed by atoms with Crippen LogP contribution in [-0.4, -0.2) is 40.4 Å². The molecule has 0 unspecified atom stereocenters. The lowest BCUT2D eigenvalue weighted by atomic mass is 10.1. The summed E-state index contributed by atoms with van der Waals surface area (Å²) in [5.74, 6) is -0.376. The highest BCUT2D eigenvalue weighted by Gasteiger charge is 2.29. The zero-order valence-corrected chi connectivity index (χ0v) is 20.7. The number of carbonyl (C=O) groups is 2. The Balaban J connectivity index is 1.92. The Bertz CT molecular complexity index is 1280. The fraction of sp³-hybridized carbons (Fsp3) is 0.231. The fourth-order valence-corrected chi connectivity index (χ4v) is 4.81. The van der Waals surface area contributed by atoms with Gasteiger partial charge in [0, 0.05) is 6.54 Å². The van der Waals surface area contributed by atoms with Gasteiger partial charge in [0.15, 0.2) is 0 Å². The molecule has 8 nitrogen and oxygen atoms in total. The van der Waals surface area contributed by atoms with Crippen LogP contribution in [0.4, 0.5) is 11.4 Å². The summed E-state index contributed by atoms with van der Waals surface area (Å²) in [5, 5.41) is 5.52. The van der Waals surface area contributed by atoms with Gasteiger partial charge in [0.25, 0.3) is 15.9 Å². The summed E-state index contributed by atoms with van der Waals surface area (Å²) in [5.41, 5.74) is 0.795. The van der Waals surface area contributed by atoms with E-state index in [1.165, 1.54) is 19.2 Å². The number of nitrogens with zero attached hydrogens (tertiary/aromatic N) is 1. The second kappa shape index (κ2) is 11.5. The first kappa shape index (κ1) is 25.8. The van der Waals surface area contributed by atoms with Gasteiger partial charge in [-0.3, -0.25) is 13.9 Å². The lowest BCUT2D eigenvalue weighted by Crippen LogP contribution is -2.38. The van der Waals surface area contributed by atoms with Gasteiger partial charge in [-0.15, -0.1) is 0 Å². The van der Waals surface area contributed by atoms with Crippen LogP contribution in [0.1, 0.15) is 24.2 Å². The number of hydrogen-bond donors (Lipinski definition) is 2. The number of anilines is 2. The van der Waals surface area contributed by atoms with Crippen molar-refractivity contribution in [2.45, 2.75) is 18.7 Å². The van der Waals surface area contributed by atoms with Crippen LogP contribution in [0.3, 0.4) is 0 Å². The SMILES string of the molecule is COc1ccccc1N(CC(=O)Nc1ccccc1C(=O)NCC(C)C)S(=O)(=O)c1ccccc1. The minimum atomic E-state index is -4.11. The van der Waals surface area contributed by atoms with Crippen LogP contribution in [-0.2, 0) is 14.8 Å². The molecule has 184 valence electrons. The van der Waals surface area contributed by atoms with E-state index >= 15 is 0 Å². The van der Waals surface area contributed by atoms with Crippen molar-refractivity contribution in [3.63, 3.8) is 0 Å². The van der Waals surface area contributed by atoms with Crippen LogP contribution >= 0.6 is 0 Å². The van der Waals surface area contributed by atoms with E-state index in [2.05, 4.69) is 10.6 Å². The molecule has 0 atom stereocenters. The van der Waals surface area contributed by atoms with Crippen LogP contribution in [0, 0.1) is 5.92 Å². The van der Waals surface area contributed by atoms with Crippen LogP contribution in [0.2, 0.25) is 0 Å². The van der Waals surface area contributed by atoms with Crippen LogP contribution < -0.4 is 19.7 Å². The van der Waals surface area contributed by atoms with Crippen molar-refractivity contribution < 1.29 is 22.7 Å². The van der Waals surface area contributed by atoms with Gasteiger partial charge in [-0.1, -0.05) is 56.3 Å². The van der Waals surface area contributed by atoms with E-state index in [0.29, 0.717) is 12.3 Å². The van der Waals surface area contributed by atoms with E-state index in [9.17, 15) is 18.0 Å². The van der Waals surface area contributed by atoms with Crippen LogP contribution in [0.15, 0.2) is 83.8 Å². The monoisotopic (exact) mass is 495 g/mol. The van der Waals surface area contributed by atoms with Crippen molar-refractivity contribution in [2.24, 2.45) is 5.92 Å². The maximum absolute atomic E-state index is 13.5. The molecule has 3 aromatic rings. The van der Waals surface area contributed by atoms with Gasteiger partial charge in [0.1, 0.15) is 12.3 Å². The van der Waals surface area contributed by atoms with Crippen molar-refractivity contribution in [3.05, 3.63) is 84.4 Å². The maximum atomic E-state index is 13.5. The third-order valence-electron chi connectivity index (χ3n) is 5.09. The molecule has 0 radical (unpaired) electrons. The van der Waals surface area contributed by atoms with E-state index in [1.807, 2.05) is 13.8 Å². The molecule has 0 fully saturated rings. The zero-order chi connectivity index (χ0) is 25.4. The molecule has 0 spiro atoms. The first-order chi connectivity index (χ1) is 16.7. The summed E-state index contributed by atoms with van der Waals surface area (Å²) in [6, 6.07) is 21.0. The number of ether oxygens (including phenoxy) is 1. The van der Waals surface area contributed by atoms with Gasteiger partial charge in [-0.2, -0.15) is 0 Å². The number of methoxy groups -OCH3 is 1. The second-order valence-corrected chi connectivity index (χ2v) is 10.1. The van der Waals surface area contributed by atoms with Gasteiger partial charge in [-0.25, -0.2) is 8.42 Å². The largest absolute Gasteiger partial charge is 0.495 e. The number of benzene rings is 3. The number of hydrogen-bond acceptors (Lipinski definition) is 5. The van der Waals surface area contributed by atoms with Crippen molar-refractivity contribution in [2.75, 3.05) is 29.8 Å². The van der Waals surface area contributed by atoms with E-state index < -0.39 is 22.5 Å². The Kier molecular flexibility index (Phi) is 8.48. The Labute approximate surface area is 206 Å². The lowest BCUT2D eigenvalue weighted by molar-refractivity contribution is -0.114. The number of nitrogens with one attached hydrogen (secondary N) is 2. The highest BCUT2D eigenvalue weighted by atomic mass is 32.2. The summed E-state index contributed by atoms with van der Waals surface area (Å²) in [6.45, 7) is 3.92. The number of carbonyl (C=O) groups excluding carboxylic acids is 2. The Morgan fingerprint density at radius 1 is 0.914 bits per heavy atom. The topological polar surface area (TPSA) is 105 Å². The summed E-state index contributed by atoms with van der Waals surface area (Å²) in [6.07, 6.45) is 0. The third kappa shape index (κ3) is 6.39. The molecule has 0 saturated carbocycles. The smallest absolute Gasteiger partial charge is 0.264 e. The van der Waals surface area contributed by atoms with Gasteiger partial charge in [-0.05, 0) is 42.3 Å². The third-order valence-corrected chi connectivity index (χ3v) is 6.86. The average molecular weight is 496 g/mol. The number of sulfonamides is 1. The first-order valence-electron chi connectivity index (χ1n) is 11.1. The highest BCUT2D eigenvalue weighted by Crippen LogP contribution is 2.32. The Morgan fingerprint density at radius 2 is 1.54 bits per heavy atom. The molecular weight excluding hydrogens is 466 g/mol. The van der Waals surface area contributed by atoms with Crippen LogP contribution in [0.5, 0.6) is 5.75 Å². The Hall–Kier alpha value is -3.85. The standard InChI is InChI=1S/C26H29N3O5S/c1-19(2)17-27-26(31)21-13-7-8-14-22(21)28-25(30)18-29(23-15-9-10-16-24(23)34-3)35(32,33)20-11-5-4-6-12-20/h4-16,19H,17-18H2,1-3H3,(H,27,31)(H,28,30). The van der Waals surface area contributed by atoms with E-state index in [4.69, 9.17) is 4.74 Å². The molecule has 0 aliphatic carbocycles. The molecule has 2 amide bonds. The lowest BCUT2D eigenvalue weighted by Gasteiger charge is -2.25. The average Bonchev–Trinajstić information content (AvgIpc) is 2.86. The molecule has 3 aromatic carbocycles. The van der Waals surface area contributed by atoms with Gasteiger partial charge in [0.2, 0.25) is 5.91 Å². The minimum absolute atomic E-state index is 0.0344. The van der Waals surface area contributed by atoms with E-state index in [-0.39, 0.29) is 33.7 Å². The predicted molar refractivity (Wildman–Crippen MR) is 136 cm³/mol.